The third kappa shape index (κ3) is 7.10. The predicted octanol–water partition coefficient (Wildman–Crippen LogP) is 5.84. The summed E-state index contributed by atoms with van der Waals surface area (Å²) in [5.41, 5.74) is 2.08. The lowest BCUT2D eigenvalue weighted by Gasteiger charge is -2.18. The van der Waals surface area contributed by atoms with E-state index in [2.05, 4.69) is 14.5 Å². The third-order valence-corrected chi connectivity index (χ3v) is 6.79. The summed E-state index contributed by atoms with van der Waals surface area (Å²) in [4.78, 5) is 5.49. The third-order valence-electron chi connectivity index (χ3n) is 5.62. The molecule has 1 atom stereocenters. The molecule has 0 aliphatic rings. The zero-order valence-electron chi connectivity index (χ0n) is 19.3. The van der Waals surface area contributed by atoms with Crippen LogP contribution in [0, 0.1) is 5.21 Å². The molecule has 4 aromatic rings. The molecule has 0 saturated carbocycles. The molecule has 1 unspecified atom stereocenters. The van der Waals surface area contributed by atoms with Gasteiger partial charge in [0, 0.05) is 29.1 Å². The second-order valence-corrected chi connectivity index (χ2v) is 9.23. The maximum absolute atomic E-state index is 13.0. The minimum atomic E-state index is -3.24. The van der Waals surface area contributed by atoms with E-state index in [1.54, 1.807) is 30.5 Å². The molecule has 0 saturated heterocycles. The molecule has 1 N–H and O–H groups in total. The van der Waals surface area contributed by atoms with Crippen molar-refractivity contribution in [3.63, 3.8) is 0 Å². The molecule has 37 heavy (non-hydrogen) atoms. The number of aromatic hydroxyl groups is 1. The summed E-state index contributed by atoms with van der Waals surface area (Å²) in [5.74, 6) is -1.26. The largest absolute Gasteiger partial charge is 0.619 e. The lowest BCUT2D eigenvalue weighted by atomic mass is 9.92. The summed E-state index contributed by atoms with van der Waals surface area (Å²) in [6.07, 6.45) is 5.97. The second kappa shape index (κ2) is 11.9. The van der Waals surface area contributed by atoms with Crippen molar-refractivity contribution in [3.8, 4) is 17.2 Å². The van der Waals surface area contributed by atoms with Gasteiger partial charge in [-0.15, -0.1) is 11.3 Å². The van der Waals surface area contributed by atoms with Crippen LogP contribution in [-0.4, -0.2) is 23.3 Å². The number of aromatic nitrogens is 2. The van der Waals surface area contributed by atoms with Gasteiger partial charge < -0.3 is 19.8 Å². The molecule has 0 bridgehead atoms. The molecule has 4 rings (SSSR count). The van der Waals surface area contributed by atoms with Gasteiger partial charge in [0.1, 0.15) is 10.8 Å². The first-order valence-corrected chi connectivity index (χ1v) is 12.0. The molecule has 2 aromatic heterocycles. The number of alkyl halides is 4. The van der Waals surface area contributed by atoms with Gasteiger partial charge in [-0.2, -0.15) is 22.3 Å². The standard InChI is InChI=1S/C26H22F4N2O4S/c27-25(28)35-22-8-6-18(14-23(22)36-26(29)30)20(13-16-9-11-32(34)12-10-16)24-31-15-19(37-24)7-5-17-3-1-2-4-21(17)33/h1-4,6,8-12,14-15,20,25-26,33H,5,7,13H2. The molecule has 0 fully saturated rings. The predicted molar refractivity (Wildman–Crippen MR) is 128 cm³/mol. The Morgan fingerprint density at radius 3 is 2.32 bits per heavy atom. The van der Waals surface area contributed by atoms with Crippen LogP contribution in [0.15, 0.2) is 73.2 Å². The maximum Gasteiger partial charge on any atom is 0.387 e. The lowest BCUT2D eigenvalue weighted by molar-refractivity contribution is -0.605. The average Bonchev–Trinajstić information content (AvgIpc) is 3.32. The first-order valence-electron chi connectivity index (χ1n) is 11.2. The SMILES string of the molecule is [O-][n+]1ccc(CC(c2ccc(OC(F)F)c(OC(F)F)c2)c2ncc(CCc3ccccc3O)s2)cc1. The van der Waals surface area contributed by atoms with Crippen LogP contribution in [0.25, 0.3) is 0 Å². The molecule has 194 valence electrons. The number of halogens is 4. The van der Waals surface area contributed by atoms with Crippen LogP contribution in [0.4, 0.5) is 17.6 Å². The normalized spacial score (nSPS) is 12.2. The van der Waals surface area contributed by atoms with Gasteiger partial charge in [0.2, 0.25) is 0 Å². The van der Waals surface area contributed by atoms with Gasteiger partial charge in [0.05, 0.1) is 0 Å². The van der Waals surface area contributed by atoms with Crippen molar-refractivity contribution in [2.24, 2.45) is 0 Å². The van der Waals surface area contributed by atoms with Crippen molar-refractivity contribution < 1.29 is 36.9 Å². The molecule has 0 radical (unpaired) electrons. The van der Waals surface area contributed by atoms with E-state index < -0.39 is 30.6 Å². The van der Waals surface area contributed by atoms with Crippen LogP contribution in [0.2, 0.25) is 0 Å². The fraction of sp³-hybridized carbons (Fsp3) is 0.231. The lowest BCUT2D eigenvalue weighted by Crippen LogP contribution is -2.24. The topological polar surface area (TPSA) is 78.5 Å². The van der Waals surface area contributed by atoms with Gasteiger partial charge in [0.25, 0.3) is 0 Å². The summed E-state index contributed by atoms with van der Waals surface area (Å²) < 4.78 is 61.0. The summed E-state index contributed by atoms with van der Waals surface area (Å²) in [7, 11) is 0. The van der Waals surface area contributed by atoms with E-state index in [0.717, 1.165) is 22.1 Å². The smallest absolute Gasteiger partial charge is 0.387 e. The van der Waals surface area contributed by atoms with Gasteiger partial charge in [0.15, 0.2) is 23.9 Å². The molecule has 0 amide bonds. The van der Waals surface area contributed by atoms with E-state index in [1.807, 2.05) is 12.1 Å². The van der Waals surface area contributed by atoms with Gasteiger partial charge in [-0.1, -0.05) is 24.3 Å². The number of rotatable bonds is 11. The van der Waals surface area contributed by atoms with E-state index in [4.69, 9.17) is 0 Å². The Balaban J connectivity index is 1.65. The number of hydrogen-bond donors (Lipinski definition) is 1. The Morgan fingerprint density at radius 1 is 0.919 bits per heavy atom. The number of hydrogen-bond acceptors (Lipinski definition) is 6. The van der Waals surface area contributed by atoms with E-state index in [9.17, 15) is 27.9 Å². The highest BCUT2D eigenvalue weighted by molar-refractivity contribution is 7.11. The zero-order chi connectivity index (χ0) is 26.4. The molecule has 6 nitrogen and oxygen atoms in total. The Kier molecular flexibility index (Phi) is 8.44. The van der Waals surface area contributed by atoms with Crippen molar-refractivity contribution in [2.75, 3.05) is 0 Å². The number of thiazole rings is 1. The molecular formula is C26H22F4N2O4S. The molecule has 0 spiro atoms. The van der Waals surface area contributed by atoms with Crippen LogP contribution in [0.3, 0.4) is 0 Å². The van der Waals surface area contributed by atoms with Crippen LogP contribution < -0.4 is 14.2 Å². The number of ether oxygens (including phenoxy) is 2. The molecule has 2 aromatic carbocycles. The van der Waals surface area contributed by atoms with Crippen LogP contribution >= 0.6 is 11.3 Å². The fourth-order valence-electron chi connectivity index (χ4n) is 3.87. The number of pyridine rings is 1. The molecule has 0 aliphatic heterocycles. The average molecular weight is 535 g/mol. The zero-order valence-corrected chi connectivity index (χ0v) is 20.1. The highest BCUT2D eigenvalue weighted by Gasteiger charge is 2.23. The fourth-order valence-corrected chi connectivity index (χ4v) is 4.91. The van der Waals surface area contributed by atoms with E-state index >= 15 is 0 Å². The highest BCUT2D eigenvalue weighted by atomic mass is 32.1. The Labute approximate surface area is 214 Å². The van der Waals surface area contributed by atoms with E-state index in [-0.39, 0.29) is 5.75 Å². The van der Waals surface area contributed by atoms with Crippen molar-refractivity contribution in [2.45, 2.75) is 38.4 Å². The van der Waals surface area contributed by atoms with E-state index in [0.29, 0.717) is 34.6 Å². The first-order chi connectivity index (χ1) is 17.8. The number of aryl methyl sites for hydroxylation is 2. The van der Waals surface area contributed by atoms with Crippen LogP contribution in [0.5, 0.6) is 17.2 Å². The number of nitrogens with zero attached hydrogens (tertiary/aromatic N) is 2. The molecule has 2 heterocycles. The maximum atomic E-state index is 13.0. The van der Waals surface area contributed by atoms with Crippen LogP contribution in [-0.2, 0) is 19.3 Å². The number of benzene rings is 2. The Hall–Kier alpha value is -3.86. The summed E-state index contributed by atoms with van der Waals surface area (Å²) in [5, 5.41) is 22.1. The van der Waals surface area contributed by atoms with Crippen molar-refractivity contribution in [3.05, 3.63) is 105 Å². The minimum absolute atomic E-state index is 0.211. The van der Waals surface area contributed by atoms with Crippen molar-refractivity contribution in [1.82, 2.24) is 4.98 Å². The second-order valence-electron chi connectivity index (χ2n) is 8.08. The van der Waals surface area contributed by atoms with Crippen LogP contribution in [0.1, 0.15) is 32.5 Å². The summed E-state index contributed by atoms with van der Waals surface area (Å²) >= 11 is 1.42. The van der Waals surface area contributed by atoms with Gasteiger partial charge in [-0.25, -0.2) is 4.98 Å². The number of para-hydroxylation sites is 1. The van der Waals surface area contributed by atoms with Gasteiger partial charge >= 0.3 is 13.2 Å². The number of phenolic OH excluding ortho intramolecular Hbond substituents is 1. The Morgan fingerprint density at radius 2 is 1.62 bits per heavy atom. The van der Waals surface area contributed by atoms with Gasteiger partial charge in [-0.3, -0.25) is 0 Å². The monoisotopic (exact) mass is 534 g/mol. The van der Waals surface area contributed by atoms with Crippen molar-refractivity contribution in [1.29, 1.82) is 0 Å². The molecule has 0 aliphatic carbocycles. The van der Waals surface area contributed by atoms with Gasteiger partial charge in [-0.05, 0) is 54.2 Å². The first kappa shape index (κ1) is 26.2. The Bertz CT molecular complexity index is 1320. The minimum Gasteiger partial charge on any atom is -0.619 e. The molecule has 11 heteroatoms. The van der Waals surface area contributed by atoms with Crippen molar-refractivity contribution >= 4 is 11.3 Å². The number of phenols is 1. The summed E-state index contributed by atoms with van der Waals surface area (Å²) in [6.45, 7) is -6.45. The summed E-state index contributed by atoms with van der Waals surface area (Å²) in [6, 6.07) is 14.2. The molecular weight excluding hydrogens is 512 g/mol. The quantitative estimate of drug-likeness (QED) is 0.149. The van der Waals surface area contributed by atoms with E-state index in [1.165, 1.54) is 35.9 Å². The highest BCUT2D eigenvalue weighted by Crippen LogP contribution is 2.38.